The molecule has 13 aromatic carbocycles. The van der Waals surface area contributed by atoms with Crippen molar-refractivity contribution >= 4 is 121 Å². The van der Waals surface area contributed by atoms with Gasteiger partial charge in [-0.25, -0.2) is 0 Å². The fourth-order valence-corrected chi connectivity index (χ4v) is 19.2. The predicted molar refractivity (Wildman–Crippen MR) is 420 cm³/mol. The topological polar surface area (TPSA) is 37.7 Å². The molecule has 2 saturated carbocycles. The van der Waals surface area contributed by atoms with E-state index in [4.69, 9.17) is 8.83 Å². The second-order valence-electron chi connectivity index (χ2n) is 31.4. The molecule has 4 aliphatic rings. The molecule has 0 bridgehead atoms. The molecule has 0 amide bonds. The molecule has 0 radical (unpaired) electrons. The molecule has 0 saturated heterocycles. The first-order valence-electron chi connectivity index (χ1n) is 36.9. The lowest BCUT2D eigenvalue weighted by atomic mass is 9.65. The van der Waals surface area contributed by atoms with Gasteiger partial charge in [0.25, 0.3) is 0 Å². The summed E-state index contributed by atoms with van der Waals surface area (Å²) in [5.74, 6) is 0.941. The van der Waals surface area contributed by atoms with E-state index in [1.165, 1.54) is 169 Å². The molecule has 100 heavy (non-hydrogen) atoms. The van der Waals surface area contributed by atoms with Crippen molar-refractivity contribution in [1.29, 1.82) is 0 Å². The van der Waals surface area contributed by atoms with Crippen molar-refractivity contribution in [3.8, 4) is 16.8 Å². The van der Waals surface area contributed by atoms with E-state index in [-0.39, 0.29) is 10.8 Å². The van der Waals surface area contributed by atoms with Crippen molar-refractivity contribution in [2.75, 3.05) is 9.80 Å². The molecule has 16 aromatic rings. The molecule has 2 fully saturated rings. The average Bonchev–Trinajstić information content (AvgIpc) is 1.47. The number of furan rings is 2. The third-order valence-corrected chi connectivity index (χ3v) is 23.9. The summed E-state index contributed by atoms with van der Waals surface area (Å²) in [5.41, 5.74) is 25.6. The van der Waals surface area contributed by atoms with Gasteiger partial charge in [0, 0.05) is 54.5 Å². The number of para-hydroxylation sites is 7. The van der Waals surface area contributed by atoms with Crippen LogP contribution < -0.4 is 9.80 Å². The fraction of sp³-hybridized carbons (Fsp3) is 0.221. The molecule has 0 N–H and O–H groups in total. The monoisotopic (exact) mass is 1300 g/mol. The number of fused-ring (bicyclic) bond motifs is 22. The molecule has 488 valence electrons. The first-order valence-corrected chi connectivity index (χ1v) is 36.9. The van der Waals surface area contributed by atoms with Crippen LogP contribution in [0.15, 0.2) is 258 Å². The number of hydrogen-bond acceptors (Lipinski definition) is 4. The summed E-state index contributed by atoms with van der Waals surface area (Å²) in [6.45, 7) is 13.9. The van der Waals surface area contributed by atoms with Crippen LogP contribution >= 0.6 is 0 Å². The minimum absolute atomic E-state index is 0.0579. The van der Waals surface area contributed by atoms with E-state index >= 15 is 0 Å². The highest BCUT2D eigenvalue weighted by molar-refractivity contribution is 6.22. The summed E-state index contributed by atoms with van der Waals surface area (Å²) in [7, 11) is 0. The Labute approximate surface area is 584 Å². The van der Waals surface area contributed by atoms with Crippen molar-refractivity contribution in [3.05, 3.63) is 293 Å². The second kappa shape index (κ2) is 22.2. The Bertz CT molecular complexity index is 5740. The van der Waals surface area contributed by atoms with Crippen LogP contribution in [0.25, 0.3) is 104 Å². The Morgan fingerprint density at radius 3 is 1.21 bits per heavy atom. The molecule has 1 aliphatic heterocycles. The normalized spacial score (nSPS) is 15.5. The van der Waals surface area contributed by atoms with Gasteiger partial charge in [-0.2, -0.15) is 0 Å². The minimum atomic E-state index is -0.896. The SMILES string of the molecule is CC(C)(C)c1ccc(N(c2cc3c(c4ccccc24)-c2c(cc(N(c4ccc(C(C)(C)C)cc4)c4cccc5c4oc4c(C6CCCCC6)cccc45)c4ccccc24)C32c3ccccc3-n3c4ccccc4c4cccc2c43)c2cccc3c2oc2c(C4CCCCC4)cccc23)cc1. The maximum absolute atomic E-state index is 7.59. The van der Waals surface area contributed by atoms with Gasteiger partial charge in [-0.1, -0.05) is 268 Å². The number of aromatic nitrogens is 1. The third kappa shape index (κ3) is 8.60. The highest BCUT2D eigenvalue weighted by Crippen LogP contribution is 2.66. The van der Waals surface area contributed by atoms with Gasteiger partial charge >= 0.3 is 0 Å². The van der Waals surface area contributed by atoms with Crippen molar-refractivity contribution < 1.29 is 8.83 Å². The zero-order valence-electron chi connectivity index (χ0n) is 58.1. The van der Waals surface area contributed by atoms with Gasteiger partial charge in [0.2, 0.25) is 0 Å². The van der Waals surface area contributed by atoms with Crippen LogP contribution in [-0.4, -0.2) is 4.57 Å². The molecule has 3 aliphatic carbocycles. The third-order valence-electron chi connectivity index (χ3n) is 23.9. The molecular weight excluding hydrogens is 1220 g/mol. The van der Waals surface area contributed by atoms with Crippen LogP contribution in [-0.2, 0) is 16.2 Å². The molecule has 5 heteroatoms. The Hall–Kier alpha value is -10.6. The molecule has 4 heterocycles. The van der Waals surface area contributed by atoms with E-state index in [1.54, 1.807) is 0 Å². The smallest absolute Gasteiger partial charge is 0.159 e. The van der Waals surface area contributed by atoms with Gasteiger partial charge in [0.05, 0.1) is 44.9 Å². The van der Waals surface area contributed by atoms with Gasteiger partial charge in [-0.05, 0) is 175 Å². The fourth-order valence-electron chi connectivity index (χ4n) is 19.2. The number of rotatable bonds is 8. The van der Waals surface area contributed by atoms with Crippen LogP contribution in [0.5, 0.6) is 0 Å². The summed E-state index contributed by atoms with van der Waals surface area (Å²) in [5, 5.41) is 11.8. The lowest BCUT2D eigenvalue weighted by Crippen LogP contribution is -2.34. The number of anilines is 6. The quantitative estimate of drug-likeness (QED) is 0.152. The van der Waals surface area contributed by atoms with Crippen LogP contribution in [0.1, 0.15) is 162 Å². The van der Waals surface area contributed by atoms with Gasteiger partial charge < -0.3 is 23.2 Å². The Balaban J connectivity index is 0.925. The maximum Gasteiger partial charge on any atom is 0.159 e. The highest BCUT2D eigenvalue weighted by atomic mass is 16.3. The minimum Gasteiger partial charge on any atom is -0.454 e. The first kappa shape index (κ1) is 59.4. The van der Waals surface area contributed by atoms with Gasteiger partial charge in [-0.15, -0.1) is 0 Å². The Kier molecular flexibility index (Phi) is 13.2. The van der Waals surface area contributed by atoms with Crippen LogP contribution in [0, 0.1) is 0 Å². The second-order valence-corrected chi connectivity index (χ2v) is 31.4. The van der Waals surface area contributed by atoms with E-state index in [1.807, 2.05) is 0 Å². The summed E-state index contributed by atoms with van der Waals surface area (Å²) in [6, 6.07) is 95.9. The molecule has 3 aromatic heterocycles. The van der Waals surface area contributed by atoms with Gasteiger partial charge in [0.1, 0.15) is 11.2 Å². The maximum atomic E-state index is 7.59. The predicted octanol–water partition coefficient (Wildman–Crippen LogP) is 27.2. The van der Waals surface area contributed by atoms with E-state index in [0.29, 0.717) is 11.8 Å². The Morgan fingerprint density at radius 1 is 0.330 bits per heavy atom. The molecule has 0 unspecified atom stereocenters. The van der Waals surface area contributed by atoms with E-state index in [2.05, 4.69) is 305 Å². The zero-order valence-corrected chi connectivity index (χ0v) is 58.1. The van der Waals surface area contributed by atoms with Gasteiger partial charge in [0.15, 0.2) is 11.2 Å². The van der Waals surface area contributed by atoms with Gasteiger partial charge in [-0.3, -0.25) is 0 Å². The first-order chi connectivity index (χ1) is 48.9. The van der Waals surface area contributed by atoms with Crippen molar-refractivity contribution in [2.45, 2.75) is 134 Å². The summed E-state index contributed by atoms with van der Waals surface area (Å²) >= 11 is 0. The molecular formula is C95H81N3O2. The van der Waals surface area contributed by atoms with Crippen molar-refractivity contribution in [2.24, 2.45) is 0 Å². The number of hydrogen-bond donors (Lipinski definition) is 0. The molecule has 1 spiro atoms. The van der Waals surface area contributed by atoms with Crippen LogP contribution in [0.2, 0.25) is 0 Å². The summed E-state index contributed by atoms with van der Waals surface area (Å²) in [6.07, 6.45) is 12.4. The van der Waals surface area contributed by atoms with E-state index in [9.17, 15) is 0 Å². The largest absolute Gasteiger partial charge is 0.454 e. The highest BCUT2D eigenvalue weighted by Gasteiger charge is 2.53. The van der Waals surface area contributed by atoms with Crippen LogP contribution in [0.3, 0.4) is 0 Å². The molecule has 20 rings (SSSR count). The lowest BCUT2D eigenvalue weighted by molar-refractivity contribution is 0.442. The van der Waals surface area contributed by atoms with E-state index < -0.39 is 5.41 Å². The van der Waals surface area contributed by atoms with Crippen molar-refractivity contribution in [1.82, 2.24) is 4.57 Å². The average molecular weight is 1300 g/mol. The number of nitrogens with zero attached hydrogens (tertiary/aromatic N) is 3. The number of benzene rings is 13. The molecule has 0 atom stereocenters. The molecule has 5 nitrogen and oxygen atoms in total. The van der Waals surface area contributed by atoms with E-state index in [0.717, 1.165) is 78.0 Å². The summed E-state index contributed by atoms with van der Waals surface area (Å²) in [4.78, 5) is 5.12. The zero-order chi connectivity index (χ0) is 66.9. The Morgan fingerprint density at radius 2 is 0.720 bits per heavy atom. The standard InChI is InChI=1S/C95H81N3O2/c1-93(2,3)60-48-52-62(53-49-60)96(82-46-24-40-74-72-38-21-35-64(89(72)99-91(74)82)58-26-9-7-10-27-58)84-56-78-86(69-33-15-13-30-66(69)84)87-70-34-16-14-31-67(70)85(57-79(87)95(78)76-42-18-20-45-81(76)98-80-44-19-17-32-68(80)71-37-23-43-77(95)88(71)98)97(63-54-50-61(51-55-63)94(4,5)6)83-47-25-41-75-73-39-22-36-65(90(73)100-92(75)83)59-28-11-8-12-29-59/h13-25,30-59H,7-12,26-29H2,1-6H3. The van der Waals surface area contributed by atoms with Crippen molar-refractivity contribution in [3.63, 3.8) is 0 Å². The lowest BCUT2D eigenvalue weighted by Gasteiger charge is -2.40. The van der Waals surface area contributed by atoms with Crippen LogP contribution in [0.4, 0.5) is 34.1 Å². The summed E-state index contributed by atoms with van der Waals surface area (Å²) < 4.78 is 17.8.